The van der Waals surface area contributed by atoms with Crippen LogP contribution in [-0.2, 0) is 0 Å². The molecule has 0 unspecified atom stereocenters. The Morgan fingerprint density at radius 3 is 2.75 bits per heavy atom. The zero-order chi connectivity index (χ0) is 14.3. The van der Waals surface area contributed by atoms with Crippen LogP contribution in [0.4, 0.5) is 0 Å². The number of para-hydroxylation sites is 1. The van der Waals surface area contributed by atoms with Gasteiger partial charge >= 0.3 is 0 Å². The van der Waals surface area contributed by atoms with Crippen LogP contribution in [0.1, 0.15) is 15.9 Å². The fourth-order valence-corrected chi connectivity index (χ4v) is 2.46. The smallest absolute Gasteiger partial charge is 0.250 e. The SMILES string of the molecule is Cc1c(Cl)cccc1-n1cnc2c(C(N)=O)cccc21. The Balaban J connectivity index is 2.31. The molecule has 0 radical (unpaired) electrons. The van der Waals surface area contributed by atoms with Gasteiger partial charge < -0.3 is 5.73 Å². The molecule has 5 heteroatoms. The van der Waals surface area contributed by atoms with Gasteiger partial charge in [-0.3, -0.25) is 9.36 Å². The monoisotopic (exact) mass is 285 g/mol. The Labute approximate surface area is 120 Å². The highest BCUT2D eigenvalue weighted by Gasteiger charge is 2.13. The summed E-state index contributed by atoms with van der Waals surface area (Å²) >= 11 is 6.16. The number of amides is 1. The van der Waals surface area contributed by atoms with Gasteiger partial charge in [0.2, 0.25) is 0 Å². The average molecular weight is 286 g/mol. The summed E-state index contributed by atoms with van der Waals surface area (Å²) in [5.74, 6) is -0.483. The third-order valence-corrected chi connectivity index (χ3v) is 3.75. The highest BCUT2D eigenvalue weighted by atomic mass is 35.5. The number of fused-ring (bicyclic) bond motifs is 1. The number of hydrogen-bond acceptors (Lipinski definition) is 2. The molecule has 2 N–H and O–H groups in total. The minimum Gasteiger partial charge on any atom is -0.366 e. The summed E-state index contributed by atoms with van der Waals surface area (Å²) < 4.78 is 1.91. The first kappa shape index (κ1) is 12.7. The van der Waals surface area contributed by atoms with Gasteiger partial charge in [0, 0.05) is 5.02 Å². The first-order chi connectivity index (χ1) is 9.59. The van der Waals surface area contributed by atoms with Crippen molar-refractivity contribution in [3.05, 3.63) is 58.9 Å². The van der Waals surface area contributed by atoms with Crippen LogP contribution in [0.2, 0.25) is 5.02 Å². The molecule has 1 aromatic heterocycles. The molecular formula is C15H12ClN3O. The molecule has 0 spiro atoms. The fraction of sp³-hybridized carbons (Fsp3) is 0.0667. The first-order valence-electron chi connectivity index (χ1n) is 6.11. The predicted octanol–water partition coefficient (Wildman–Crippen LogP) is 3.09. The number of primary amides is 1. The summed E-state index contributed by atoms with van der Waals surface area (Å²) in [7, 11) is 0. The Morgan fingerprint density at radius 1 is 1.25 bits per heavy atom. The average Bonchev–Trinajstić information content (AvgIpc) is 2.85. The molecule has 0 bridgehead atoms. The van der Waals surface area contributed by atoms with Crippen molar-refractivity contribution in [3.63, 3.8) is 0 Å². The second-order valence-electron chi connectivity index (χ2n) is 4.54. The summed E-state index contributed by atoms with van der Waals surface area (Å²) in [6.07, 6.45) is 1.68. The van der Waals surface area contributed by atoms with E-state index in [4.69, 9.17) is 17.3 Å². The lowest BCUT2D eigenvalue weighted by Gasteiger charge is -2.09. The highest BCUT2D eigenvalue weighted by Crippen LogP contribution is 2.26. The number of aromatic nitrogens is 2. The maximum atomic E-state index is 11.4. The number of hydrogen-bond donors (Lipinski definition) is 1. The maximum Gasteiger partial charge on any atom is 0.250 e. The van der Waals surface area contributed by atoms with E-state index in [0.717, 1.165) is 16.8 Å². The van der Waals surface area contributed by atoms with E-state index in [1.807, 2.05) is 35.8 Å². The number of benzene rings is 2. The molecule has 1 amide bonds. The molecule has 0 saturated carbocycles. The van der Waals surface area contributed by atoms with E-state index in [2.05, 4.69) is 4.98 Å². The fourth-order valence-electron chi connectivity index (χ4n) is 2.29. The van der Waals surface area contributed by atoms with Gasteiger partial charge in [-0.2, -0.15) is 0 Å². The minimum absolute atomic E-state index is 0.418. The van der Waals surface area contributed by atoms with Gasteiger partial charge in [-0.25, -0.2) is 4.98 Å². The molecule has 4 nitrogen and oxygen atoms in total. The van der Waals surface area contributed by atoms with E-state index in [1.54, 1.807) is 18.5 Å². The van der Waals surface area contributed by atoms with Gasteiger partial charge in [-0.05, 0) is 36.8 Å². The second kappa shape index (κ2) is 4.65. The Hall–Kier alpha value is -2.33. The van der Waals surface area contributed by atoms with Gasteiger partial charge in [0.1, 0.15) is 11.8 Å². The number of imidazole rings is 1. The quantitative estimate of drug-likeness (QED) is 0.786. The van der Waals surface area contributed by atoms with E-state index in [1.165, 1.54) is 0 Å². The molecule has 0 fully saturated rings. The van der Waals surface area contributed by atoms with Crippen molar-refractivity contribution < 1.29 is 4.79 Å². The molecule has 0 aliphatic carbocycles. The van der Waals surface area contributed by atoms with Crippen LogP contribution >= 0.6 is 11.6 Å². The molecule has 0 atom stereocenters. The van der Waals surface area contributed by atoms with Crippen molar-refractivity contribution in [3.8, 4) is 5.69 Å². The zero-order valence-corrected chi connectivity index (χ0v) is 11.6. The Kier molecular flexibility index (Phi) is 2.95. The molecule has 3 aromatic rings. The molecular weight excluding hydrogens is 274 g/mol. The molecule has 20 heavy (non-hydrogen) atoms. The Morgan fingerprint density at radius 2 is 2.00 bits per heavy atom. The van der Waals surface area contributed by atoms with Crippen molar-refractivity contribution in [1.29, 1.82) is 0 Å². The van der Waals surface area contributed by atoms with Gasteiger partial charge in [0.15, 0.2) is 0 Å². The lowest BCUT2D eigenvalue weighted by molar-refractivity contribution is 0.100. The molecule has 0 aliphatic heterocycles. The number of rotatable bonds is 2. The van der Waals surface area contributed by atoms with Crippen molar-refractivity contribution in [2.45, 2.75) is 6.92 Å². The van der Waals surface area contributed by atoms with Crippen molar-refractivity contribution in [2.75, 3.05) is 0 Å². The third kappa shape index (κ3) is 1.85. The molecule has 2 aromatic carbocycles. The van der Waals surface area contributed by atoms with E-state index in [-0.39, 0.29) is 0 Å². The molecule has 100 valence electrons. The van der Waals surface area contributed by atoms with E-state index in [9.17, 15) is 4.79 Å². The maximum absolute atomic E-state index is 11.4. The van der Waals surface area contributed by atoms with Crippen LogP contribution < -0.4 is 5.73 Å². The molecule has 3 rings (SSSR count). The third-order valence-electron chi connectivity index (χ3n) is 3.34. The first-order valence-corrected chi connectivity index (χ1v) is 6.48. The molecule has 0 saturated heterocycles. The predicted molar refractivity (Wildman–Crippen MR) is 79.3 cm³/mol. The van der Waals surface area contributed by atoms with Gasteiger partial charge in [0.25, 0.3) is 5.91 Å². The lowest BCUT2D eigenvalue weighted by atomic mass is 10.1. The standard InChI is InChI=1S/C15H12ClN3O/c1-9-11(16)5-3-6-12(9)19-8-18-14-10(15(17)20)4-2-7-13(14)19/h2-8H,1H3,(H2,17,20). The molecule has 1 heterocycles. The van der Waals surface area contributed by atoms with Gasteiger partial charge in [-0.15, -0.1) is 0 Å². The highest BCUT2D eigenvalue weighted by molar-refractivity contribution is 6.31. The summed E-state index contributed by atoms with van der Waals surface area (Å²) in [4.78, 5) is 15.7. The van der Waals surface area contributed by atoms with Crippen LogP contribution in [0.5, 0.6) is 0 Å². The topological polar surface area (TPSA) is 60.9 Å². The second-order valence-corrected chi connectivity index (χ2v) is 4.94. The number of carbonyl (C=O) groups excluding carboxylic acids is 1. The van der Waals surface area contributed by atoms with Crippen LogP contribution in [0.25, 0.3) is 16.7 Å². The van der Waals surface area contributed by atoms with E-state index >= 15 is 0 Å². The van der Waals surface area contributed by atoms with Crippen LogP contribution in [-0.4, -0.2) is 15.5 Å². The van der Waals surface area contributed by atoms with Crippen molar-refractivity contribution in [1.82, 2.24) is 9.55 Å². The number of carbonyl (C=O) groups is 1. The lowest BCUT2D eigenvalue weighted by Crippen LogP contribution is -2.11. The molecule has 0 aliphatic rings. The van der Waals surface area contributed by atoms with Gasteiger partial charge in [-0.1, -0.05) is 23.7 Å². The minimum atomic E-state index is -0.483. The normalized spacial score (nSPS) is 10.9. The Bertz CT molecular complexity index is 823. The number of nitrogens with two attached hydrogens (primary N) is 1. The number of halogens is 1. The summed E-state index contributed by atoms with van der Waals surface area (Å²) in [6.45, 7) is 1.95. The number of nitrogens with zero attached hydrogens (tertiary/aromatic N) is 2. The van der Waals surface area contributed by atoms with E-state index in [0.29, 0.717) is 16.1 Å². The van der Waals surface area contributed by atoms with Crippen LogP contribution in [0, 0.1) is 6.92 Å². The summed E-state index contributed by atoms with van der Waals surface area (Å²) in [5.41, 5.74) is 9.10. The summed E-state index contributed by atoms with van der Waals surface area (Å²) in [6, 6.07) is 11.0. The van der Waals surface area contributed by atoms with Crippen molar-refractivity contribution in [2.24, 2.45) is 5.73 Å². The van der Waals surface area contributed by atoms with Gasteiger partial charge in [0.05, 0.1) is 16.8 Å². The van der Waals surface area contributed by atoms with Crippen LogP contribution in [0.3, 0.4) is 0 Å². The zero-order valence-electron chi connectivity index (χ0n) is 10.8. The largest absolute Gasteiger partial charge is 0.366 e. The van der Waals surface area contributed by atoms with Crippen molar-refractivity contribution >= 4 is 28.5 Å². The summed E-state index contributed by atoms with van der Waals surface area (Å²) in [5, 5.41) is 0.690. The van der Waals surface area contributed by atoms with Crippen LogP contribution in [0.15, 0.2) is 42.7 Å². The van der Waals surface area contributed by atoms with E-state index < -0.39 is 5.91 Å².